The van der Waals surface area contributed by atoms with Crippen molar-refractivity contribution in [1.29, 1.82) is 0 Å². The van der Waals surface area contributed by atoms with Crippen LogP contribution in [-0.4, -0.2) is 16.3 Å². The lowest BCUT2D eigenvalue weighted by molar-refractivity contribution is 1.04. The summed E-state index contributed by atoms with van der Waals surface area (Å²) in [6, 6.07) is 3.68. The van der Waals surface area contributed by atoms with Gasteiger partial charge in [0.15, 0.2) is 5.11 Å². The Morgan fingerprint density at radius 3 is 3.00 bits per heavy atom. The Kier molecular flexibility index (Phi) is 3.78. The zero-order chi connectivity index (χ0) is 9.68. The number of pyridine rings is 1. The topological polar surface area (TPSA) is 63.3 Å². The number of hydrogen-bond acceptors (Lipinski definition) is 3. The molecule has 13 heavy (non-hydrogen) atoms. The van der Waals surface area contributed by atoms with Crippen molar-refractivity contribution < 1.29 is 0 Å². The van der Waals surface area contributed by atoms with Crippen LogP contribution in [0.5, 0.6) is 0 Å². The molecule has 0 saturated carbocycles. The molecule has 4 nitrogen and oxygen atoms in total. The van der Waals surface area contributed by atoms with Gasteiger partial charge in [-0.2, -0.15) is 5.10 Å². The van der Waals surface area contributed by atoms with E-state index in [0.717, 1.165) is 10.2 Å². The molecule has 3 N–H and O–H groups in total. The third-order valence-corrected chi connectivity index (χ3v) is 1.68. The zero-order valence-electron chi connectivity index (χ0n) is 6.57. The molecule has 0 bridgehead atoms. The maximum Gasteiger partial charge on any atom is 0.184 e. The Balaban J connectivity index is 2.59. The van der Waals surface area contributed by atoms with E-state index in [2.05, 4.69) is 43.7 Å². The average molecular weight is 259 g/mol. The van der Waals surface area contributed by atoms with E-state index in [1.165, 1.54) is 6.21 Å². The van der Waals surface area contributed by atoms with E-state index in [1.54, 1.807) is 6.20 Å². The van der Waals surface area contributed by atoms with Gasteiger partial charge < -0.3 is 5.73 Å². The van der Waals surface area contributed by atoms with E-state index < -0.39 is 0 Å². The van der Waals surface area contributed by atoms with E-state index in [4.69, 9.17) is 5.73 Å². The monoisotopic (exact) mass is 258 g/mol. The van der Waals surface area contributed by atoms with E-state index in [1.807, 2.05) is 12.1 Å². The van der Waals surface area contributed by atoms with Crippen LogP contribution in [0.1, 0.15) is 5.69 Å². The summed E-state index contributed by atoms with van der Waals surface area (Å²) in [5.41, 5.74) is 8.32. The number of nitrogens with one attached hydrogen (secondary N) is 1. The fourth-order valence-corrected chi connectivity index (χ4v) is 0.913. The quantitative estimate of drug-likeness (QED) is 0.472. The molecule has 0 spiro atoms. The van der Waals surface area contributed by atoms with Gasteiger partial charge >= 0.3 is 0 Å². The van der Waals surface area contributed by atoms with Gasteiger partial charge in [-0.3, -0.25) is 10.4 Å². The van der Waals surface area contributed by atoms with Gasteiger partial charge in [0.25, 0.3) is 0 Å². The second-order valence-corrected chi connectivity index (χ2v) is 3.49. The van der Waals surface area contributed by atoms with Crippen molar-refractivity contribution >= 4 is 39.5 Å². The number of thiocarbonyl (C=S) groups is 1. The lowest BCUT2D eigenvalue weighted by atomic mass is 10.4. The number of hydrazone groups is 1. The van der Waals surface area contributed by atoms with Gasteiger partial charge in [-0.05, 0) is 40.3 Å². The molecule has 0 radical (unpaired) electrons. The Bertz CT molecular complexity index is 322. The molecular weight excluding hydrogens is 252 g/mol. The Hall–Kier alpha value is -1.01. The summed E-state index contributed by atoms with van der Waals surface area (Å²) in [4.78, 5) is 4.05. The molecule has 0 saturated heterocycles. The summed E-state index contributed by atoms with van der Waals surface area (Å²) in [5.74, 6) is 0. The highest BCUT2D eigenvalue weighted by atomic mass is 79.9. The van der Waals surface area contributed by atoms with Gasteiger partial charge in [0, 0.05) is 10.7 Å². The molecule has 0 atom stereocenters. The van der Waals surface area contributed by atoms with Crippen molar-refractivity contribution in [1.82, 2.24) is 10.4 Å². The SMILES string of the molecule is NC(=S)N/N=C/c1ccc(Br)cn1. The molecule has 68 valence electrons. The number of hydrogen-bond donors (Lipinski definition) is 2. The maximum absolute atomic E-state index is 5.16. The van der Waals surface area contributed by atoms with E-state index in [-0.39, 0.29) is 5.11 Å². The van der Waals surface area contributed by atoms with Crippen LogP contribution in [-0.2, 0) is 0 Å². The van der Waals surface area contributed by atoms with Gasteiger partial charge in [-0.1, -0.05) is 0 Å². The van der Waals surface area contributed by atoms with Crippen LogP contribution >= 0.6 is 28.1 Å². The predicted molar refractivity (Wildman–Crippen MR) is 59.5 cm³/mol. The van der Waals surface area contributed by atoms with Gasteiger partial charge in [0.1, 0.15) is 0 Å². The first-order chi connectivity index (χ1) is 6.18. The third-order valence-electron chi connectivity index (χ3n) is 1.12. The molecule has 0 aliphatic carbocycles. The van der Waals surface area contributed by atoms with Gasteiger partial charge in [0.05, 0.1) is 11.9 Å². The largest absolute Gasteiger partial charge is 0.375 e. The van der Waals surface area contributed by atoms with Crippen LogP contribution in [0, 0.1) is 0 Å². The maximum atomic E-state index is 5.16. The molecule has 1 heterocycles. The number of nitrogens with zero attached hydrogens (tertiary/aromatic N) is 2. The summed E-state index contributed by atoms with van der Waals surface area (Å²) in [5, 5.41) is 3.88. The Morgan fingerprint density at radius 2 is 2.46 bits per heavy atom. The van der Waals surface area contributed by atoms with Crippen molar-refractivity contribution in [3.8, 4) is 0 Å². The normalized spacial score (nSPS) is 10.2. The minimum Gasteiger partial charge on any atom is -0.375 e. The molecular formula is C7H7BrN4S. The fraction of sp³-hybridized carbons (Fsp3) is 0. The van der Waals surface area contributed by atoms with Gasteiger partial charge in [0.2, 0.25) is 0 Å². The van der Waals surface area contributed by atoms with Crippen molar-refractivity contribution in [2.45, 2.75) is 0 Å². The minimum atomic E-state index is 0.133. The summed E-state index contributed by atoms with van der Waals surface area (Å²) < 4.78 is 0.923. The van der Waals surface area contributed by atoms with Gasteiger partial charge in [-0.25, -0.2) is 0 Å². The summed E-state index contributed by atoms with van der Waals surface area (Å²) >= 11 is 7.83. The highest BCUT2D eigenvalue weighted by Crippen LogP contribution is 2.05. The second-order valence-electron chi connectivity index (χ2n) is 2.14. The lowest BCUT2D eigenvalue weighted by Crippen LogP contribution is -2.24. The lowest BCUT2D eigenvalue weighted by Gasteiger charge is -1.94. The number of nitrogens with two attached hydrogens (primary N) is 1. The summed E-state index contributed by atoms with van der Waals surface area (Å²) in [6.07, 6.45) is 3.22. The average Bonchev–Trinajstić information content (AvgIpc) is 2.08. The molecule has 0 aromatic carbocycles. The highest BCUT2D eigenvalue weighted by molar-refractivity contribution is 9.10. The Morgan fingerprint density at radius 1 is 1.69 bits per heavy atom. The van der Waals surface area contributed by atoms with Crippen LogP contribution < -0.4 is 11.2 Å². The number of aromatic nitrogens is 1. The number of halogens is 1. The molecule has 0 fully saturated rings. The van der Waals surface area contributed by atoms with Crippen LogP contribution in [0.3, 0.4) is 0 Å². The zero-order valence-corrected chi connectivity index (χ0v) is 8.97. The van der Waals surface area contributed by atoms with Crippen molar-refractivity contribution in [3.63, 3.8) is 0 Å². The van der Waals surface area contributed by atoms with Gasteiger partial charge in [-0.15, -0.1) is 0 Å². The van der Waals surface area contributed by atoms with Crippen LogP contribution in [0.15, 0.2) is 27.9 Å². The molecule has 1 aromatic heterocycles. The summed E-state index contributed by atoms with van der Waals surface area (Å²) in [7, 11) is 0. The first-order valence-electron chi connectivity index (χ1n) is 3.38. The fourth-order valence-electron chi connectivity index (χ4n) is 0.626. The molecule has 6 heteroatoms. The molecule has 0 unspecified atom stereocenters. The molecule has 0 aliphatic heterocycles. The standard InChI is InChI=1S/C7H7BrN4S/c8-5-1-2-6(10-3-5)4-11-12-7(9)13/h1-4H,(H3,9,12,13)/b11-4+. The molecule has 0 amide bonds. The third kappa shape index (κ3) is 3.95. The van der Waals surface area contributed by atoms with E-state index in [0.29, 0.717) is 0 Å². The van der Waals surface area contributed by atoms with Crippen LogP contribution in [0.25, 0.3) is 0 Å². The van der Waals surface area contributed by atoms with Crippen molar-refractivity contribution in [2.24, 2.45) is 10.8 Å². The first-order valence-corrected chi connectivity index (χ1v) is 4.58. The predicted octanol–water partition coefficient (Wildman–Crippen LogP) is 1.01. The molecule has 1 aromatic rings. The molecule has 0 aliphatic rings. The van der Waals surface area contributed by atoms with E-state index >= 15 is 0 Å². The Labute approximate surface area is 89.4 Å². The van der Waals surface area contributed by atoms with Crippen molar-refractivity contribution in [2.75, 3.05) is 0 Å². The minimum absolute atomic E-state index is 0.133. The number of rotatable bonds is 2. The summed E-state index contributed by atoms with van der Waals surface area (Å²) in [6.45, 7) is 0. The first kappa shape index (κ1) is 10.1. The molecule has 1 rings (SSSR count). The van der Waals surface area contributed by atoms with Crippen LogP contribution in [0.4, 0.5) is 0 Å². The second kappa shape index (κ2) is 4.88. The highest BCUT2D eigenvalue weighted by Gasteiger charge is 1.89. The van der Waals surface area contributed by atoms with Crippen molar-refractivity contribution in [3.05, 3.63) is 28.5 Å². The van der Waals surface area contributed by atoms with E-state index in [9.17, 15) is 0 Å². The van der Waals surface area contributed by atoms with Crippen LogP contribution in [0.2, 0.25) is 0 Å². The smallest absolute Gasteiger partial charge is 0.184 e.